The number of thiocarbonyl (C=S) groups is 1. The second kappa shape index (κ2) is 9.05. The minimum Gasteiger partial charge on any atom is -0.493 e. The molecule has 1 aromatic heterocycles. The van der Waals surface area contributed by atoms with Crippen LogP contribution >= 0.6 is 12.2 Å². The molecule has 7 heteroatoms. The van der Waals surface area contributed by atoms with E-state index in [1.807, 2.05) is 31.2 Å². The van der Waals surface area contributed by atoms with Crippen LogP contribution in [0.2, 0.25) is 0 Å². The number of pyridine rings is 1. The summed E-state index contributed by atoms with van der Waals surface area (Å²) >= 11 is 5.16. The van der Waals surface area contributed by atoms with E-state index in [2.05, 4.69) is 10.6 Å². The molecule has 0 spiro atoms. The quantitative estimate of drug-likeness (QED) is 0.758. The van der Waals surface area contributed by atoms with Gasteiger partial charge in [0, 0.05) is 30.6 Å². The predicted octanol–water partition coefficient (Wildman–Crippen LogP) is 2.37. The molecule has 0 saturated carbocycles. The molecule has 1 aromatic carbocycles. The highest BCUT2D eigenvalue weighted by Gasteiger charge is 2.08. The Bertz CT molecular complexity index is 875. The van der Waals surface area contributed by atoms with Gasteiger partial charge in [-0.3, -0.25) is 4.79 Å². The van der Waals surface area contributed by atoms with E-state index in [0.717, 1.165) is 16.8 Å². The van der Waals surface area contributed by atoms with E-state index in [1.54, 1.807) is 44.2 Å². The van der Waals surface area contributed by atoms with Crippen molar-refractivity contribution in [1.82, 2.24) is 15.2 Å². The molecule has 0 aliphatic heterocycles. The second-order valence-corrected chi connectivity index (χ2v) is 5.89. The number of hydrogen-bond donors (Lipinski definition) is 2. The average molecular weight is 373 g/mol. The monoisotopic (exact) mass is 373 g/mol. The molecule has 0 aliphatic carbocycles. The molecular weight excluding hydrogens is 350 g/mol. The summed E-state index contributed by atoms with van der Waals surface area (Å²) in [6.45, 7) is 2.32. The van der Waals surface area contributed by atoms with Crippen LogP contribution in [0, 0.1) is 0 Å². The van der Waals surface area contributed by atoms with E-state index in [4.69, 9.17) is 21.7 Å². The molecule has 2 aromatic rings. The number of aromatic nitrogens is 1. The molecule has 0 aliphatic rings. The molecule has 0 saturated heterocycles. The Balaban J connectivity index is 2.33. The normalized spacial score (nSPS) is 11.0. The summed E-state index contributed by atoms with van der Waals surface area (Å²) in [6.07, 6.45) is 3.71. The van der Waals surface area contributed by atoms with Gasteiger partial charge in [-0.25, -0.2) is 0 Å². The Kier molecular flexibility index (Phi) is 6.80. The van der Waals surface area contributed by atoms with Crippen molar-refractivity contribution in [1.29, 1.82) is 0 Å². The maximum absolute atomic E-state index is 12.3. The van der Waals surface area contributed by atoms with E-state index in [9.17, 15) is 4.79 Å². The van der Waals surface area contributed by atoms with Crippen molar-refractivity contribution in [2.45, 2.75) is 13.5 Å². The Hall–Kier alpha value is -2.80. The molecule has 2 rings (SSSR count). The third-order valence-corrected chi connectivity index (χ3v) is 4.17. The van der Waals surface area contributed by atoms with Crippen LogP contribution in [0.25, 0.3) is 5.70 Å². The van der Waals surface area contributed by atoms with E-state index in [0.29, 0.717) is 23.2 Å². The first kappa shape index (κ1) is 19.5. The Morgan fingerprint density at radius 1 is 1.19 bits per heavy atom. The van der Waals surface area contributed by atoms with Crippen LogP contribution in [-0.4, -0.2) is 30.9 Å². The van der Waals surface area contributed by atoms with Gasteiger partial charge in [-0.2, -0.15) is 0 Å². The van der Waals surface area contributed by atoms with Gasteiger partial charge in [0.25, 0.3) is 5.56 Å². The lowest BCUT2D eigenvalue weighted by atomic mass is 10.1. The summed E-state index contributed by atoms with van der Waals surface area (Å²) in [7, 11) is 4.93. The van der Waals surface area contributed by atoms with Gasteiger partial charge in [-0.05, 0) is 42.9 Å². The van der Waals surface area contributed by atoms with Crippen molar-refractivity contribution in [3.05, 3.63) is 64.1 Å². The lowest BCUT2D eigenvalue weighted by Crippen LogP contribution is -2.31. The first-order chi connectivity index (χ1) is 12.5. The number of hydrogen-bond acceptors (Lipinski definition) is 4. The summed E-state index contributed by atoms with van der Waals surface area (Å²) in [6, 6.07) is 8.92. The smallest absolute Gasteiger partial charge is 0.250 e. The molecule has 0 atom stereocenters. The number of nitrogens with zero attached hydrogens (tertiary/aromatic N) is 1. The zero-order valence-electron chi connectivity index (χ0n) is 15.3. The fourth-order valence-corrected chi connectivity index (χ4v) is 2.60. The molecule has 0 radical (unpaired) electrons. The molecule has 2 N–H and O–H groups in total. The Morgan fingerprint density at radius 3 is 2.54 bits per heavy atom. The number of ether oxygens (including phenoxy) is 2. The van der Waals surface area contributed by atoms with Gasteiger partial charge < -0.3 is 24.7 Å². The van der Waals surface area contributed by atoms with Gasteiger partial charge in [-0.15, -0.1) is 0 Å². The largest absolute Gasteiger partial charge is 0.493 e. The van der Waals surface area contributed by atoms with Gasteiger partial charge in [-0.1, -0.05) is 12.1 Å². The average Bonchev–Trinajstić information content (AvgIpc) is 2.67. The zero-order valence-corrected chi connectivity index (χ0v) is 16.1. The van der Waals surface area contributed by atoms with Crippen LogP contribution in [0.3, 0.4) is 0 Å². The molecule has 0 fully saturated rings. The van der Waals surface area contributed by atoms with Crippen LogP contribution in [-0.2, 0) is 6.54 Å². The fraction of sp³-hybridized carbons (Fsp3) is 0.263. The molecular formula is C19H23N3O3S. The lowest BCUT2D eigenvalue weighted by molar-refractivity contribution is 0.354. The Morgan fingerprint density at radius 2 is 1.92 bits per heavy atom. The standard InChI is InChI=1S/C19H23N3O3S/c1-5-15(21-19(26)20-2)14-7-9-18(23)22(12-14)11-13-6-8-16(24-3)17(10-13)25-4/h5-10,12H,11H2,1-4H3,(H2,20,21,26)/b15-5-. The van der Waals surface area contributed by atoms with Crippen molar-refractivity contribution >= 4 is 23.0 Å². The number of nitrogens with one attached hydrogen (secondary N) is 2. The third-order valence-electron chi connectivity index (χ3n) is 3.86. The van der Waals surface area contributed by atoms with Gasteiger partial charge in [0.15, 0.2) is 16.6 Å². The highest BCUT2D eigenvalue weighted by Crippen LogP contribution is 2.27. The van der Waals surface area contributed by atoms with Gasteiger partial charge >= 0.3 is 0 Å². The van der Waals surface area contributed by atoms with Crippen LogP contribution in [0.15, 0.2) is 47.4 Å². The van der Waals surface area contributed by atoms with Crippen LogP contribution in [0.1, 0.15) is 18.1 Å². The van der Waals surface area contributed by atoms with E-state index >= 15 is 0 Å². The van der Waals surface area contributed by atoms with Crippen LogP contribution in [0.4, 0.5) is 0 Å². The maximum Gasteiger partial charge on any atom is 0.250 e. The lowest BCUT2D eigenvalue weighted by Gasteiger charge is -2.14. The SMILES string of the molecule is C/C=C(\NC(=S)NC)c1ccc(=O)n(Cc2ccc(OC)c(OC)c2)c1. The highest BCUT2D eigenvalue weighted by molar-refractivity contribution is 7.80. The highest BCUT2D eigenvalue weighted by atomic mass is 32.1. The summed E-state index contributed by atoms with van der Waals surface area (Å²) in [4.78, 5) is 12.3. The van der Waals surface area contributed by atoms with E-state index in [-0.39, 0.29) is 5.56 Å². The summed E-state index contributed by atoms with van der Waals surface area (Å²) in [5, 5.41) is 6.49. The third kappa shape index (κ3) is 4.64. The fourth-order valence-electron chi connectivity index (χ4n) is 2.49. The van der Waals surface area contributed by atoms with Gasteiger partial charge in [0.05, 0.1) is 20.8 Å². The van der Waals surface area contributed by atoms with Crippen LogP contribution < -0.4 is 25.7 Å². The minimum atomic E-state index is -0.0878. The predicted molar refractivity (Wildman–Crippen MR) is 108 cm³/mol. The molecule has 138 valence electrons. The van der Waals surface area contributed by atoms with Gasteiger partial charge in [0.1, 0.15) is 0 Å². The van der Waals surface area contributed by atoms with Crippen molar-refractivity contribution in [2.75, 3.05) is 21.3 Å². The maximum atomic E-state index is 12.3. The van der Waals surface area contributed by atoms with E-state index < -0.39 is 0 Å². The molecule has 0 amide bonds. The zero-order chi connectivity index (χ0) is 19.1. The Labute approximate surface area is 158 Å². The first-order valence-corrected chi connectivity index (χ1v) is 8.50. The van der Waals surface area contributed by atoms with Crippen molar-refractivity contribution in [2.24, 2.45) is 0 Å². The number of rotatable bonds is 6. The molecule has 0 bridgehead atoms. The van der Waals surface area contributed by atoms with Crippen molar-refractivity contribution in [3.63, 3.8) is 0 Å². The molecule has 0 unspecified atom stereocenters. The summed E-state index contributed by atoms with van der Waals surface area (Å²) in [5.41, 5.74) is 2.54. The molecule has 26 heavy (non-hydrogen) atoms. The van der Waals surface area contributed by atoms with Gasteiger partial charge in [0.2, 0.25) is 0 Å². The molecule has 1 heterocycles. The number of methoxy groups -OCH3 is 2. The topological polar surface area (TPSA) is 64.5 Å². The number of allylic oxidation sites excluding steroid dienone is 1. The summed E-state index contributed by atoms with van der Waals surface area (Å²) in [5.74, 6) is 1.28. The van der Waals surface area contributed by atoms with E-state index in [1.165, 1.54) is 0 Å². The second-order valence-electron chi connectivity index (χ2n) is 5.48. The summed E-state index contributed by atoms with van der Waals surface area (Å²) < 4.78 is 12.2. The number of benzene rings is 1. The molecule has 6 nitrogen and oxygen atoms in total. The van der Waals surface area contributed by atoms with Crippen molar-refractivity contribution < 1.29 is 9.47 Å². The van der Waals surface area contributed by atoms with Crippen LogP contribution in [0.5, 0.6) is 11.5 Å². The van der Waals surface area contributed by atoms with Crippen molar-refractivity contribution in [3.8, 4) is 11.5 Å². The first-order valence-electron chi connectivity index (χ1n) is 8.09. The minimum absolute atomic E-state index is 0.0878.